The lowest BCUT2D eigenvalue weighted by Crippen LogP contribution is -1.92. The fourth-order valence-electron chi connectivity index (χ4n) is 2.22. The topological polar surface area (TPSA) is 18.5 Å². The summed E-state index contributed by atoms with van der Waals surface area (Å²) in [6, 6.07) is 30.9. The maximum atomic E-state index is 6.08. The molecule has 4 heteroatoms. The summed E-state index contributed by atoms with van der Waals surface area (Å²) in [7, 11) is -1.02. The van der Waals surface area contributed by atoms with Gasteiger partial charge in [0.2, 0.25) is 7.58 Å². The Bertz CT molecular complexity index is 619. The Kier molecular flexibility index (Phi) is 7.54. The van der Waals surface area contributed by atoms with Gasteiger partial charge in [0, 0.05) is 5.75 Å². The van der Waals surface area contributed by atoms with Gasteiger partial charge in [-0.3, -0.25) is 0 Å². The van der Waals surface area contributed by atoms with E-state index in [1.54, 1.807) is 11.4 Å². The van der Waals surface area contributed by atoms with Crippen molar-refractivity contribution in [2.45, 2.75) is 19.0 Å². The Morgan fingerprint density at radius 3 is 1.40 bits per heavy atom. The first-order valence-corrected chi connectivity index (χ1v) is 11.0. The molecular formula is C21H21O2PS. The van der Waals surface area contributed by atoms with Crippen LogP contribution >= 0.6 is 19.0 Å². The summed E-state index contributed by atoms with van der Waals surface area (Å²) in [5.74, 6) is 0.885. The SMILES string of the molecule is c1ccc(COP(OCc2ccccc2)SCc2ccccc2)cc1. The third kappa shape index (κ3) is 6.64. The second kappa shape index (κ2) is 10.4. The van der Waals surface area contributed by atoms with Crippen molar-refractivity contribution in [2.75, 3.05) is 0 Å². The highest BCUT2D eigenvalue weighted by Crippen LogP contribution is 2.54. The predicted octanol–water partition coefficient (Wildman–Crippen LogP) is 6.58. The molecule has 0 aliphatic carbocycles. The highest BCUT2D eigenvalue weighted by atomic mass is 32.7. The molecule has 0 fully saturated rings. The summed E-state index contributed by atoms with van der Waals surface area (Å²) < 4.78 is 12.2. The van der Waals surface area contributed by atoms with Crippen molar-refractivity contribution in [2.24, 2.45) is 0 Å². The van der Waals surface area contributed by atoms with Crippen LogP contribution in [0.4, 0.5) is 0 Å². The van der Waals surface area contributed by atoms with Crippen LogP contribution in [0.5, 0.6) is 0 Å². The summed E-state index contributed by atoms with van der Waals surface area (Å²) in [5.41, 5.74) is 3.61. The molecule has 0 N–H and O–H groups in total. The molecule has 3 rings (SSSR count). The summed E-state index contributed by atoms with van der Waals surface area (Å²) in [6.07, 6.45) is 0. The first-order chi connectivity index (χ1) is 12.4. The van der Waals surface area contributed by atoms with Gasteiger partial charge in [-0.25, -0.2) is 0 Å². The van der Waals surface area contributed by atoms with Crippen LogP contribution in [-0.4, -0.2) is 0 Å². The van der Waals surface area contributed by atoms with E-state index in [0.29, 0.717) is 13.2 Å². The van der Waals surface area contributed by atoms with Crippen LogP contribution in [0.3, 0.4) is 0 Å². The van der Waals surface area contributed by atoms with Gasteiger partial charge in [0.1, 0.15) is 0 Å². The van der Waals surface area contributed by atoms with Gasteiger partial charge < -0.3 is 9.05 Å². The van der Waals surface area contributed by atoms with E-state index in [4.69, 9.17) is 9.05 Å². The minimum Gasteiger partial charge on any atom is -0.321 e. The Morgan fingerprint density at radius 1 is 0.560 bits per heavy atom. The fraction of sp³-hybridized carbons (Fsp3) is 0.143. The van der Waals surface area contributed by atoms with Crippen LogP contribution in [0, 0.1) is 0 Å². The van der Waals surface area contributed by atoms with Gasteiger partial charge in [0.05, 0.1) is 13.2 Å². The van der Waals surface area contributed by atoms with Gasteiger partial charge in [-0.15, -0.1) is 0 Å². The van der Waals surface area contributed by atoms with Gasteiger partial charge in [0.15, 0.2) is 0 Å². The van der Waals surface area contributed by atoms with E-state index >= 15 is 0 Å². The third-order valence-corrected chi connectivity index (χ3v) is 6.54. The quantitative estimate of drug-likeness (QED) is 0.397. The summed E-state index contributed by atoms with van der Waals surface area (Å²) >= 11 is 1.73. The summed E-state index contributed by atoms with van der Waals surface area (Å²) in [4.78, 5) is 0. The van der Waals surface area contributed by atoms with Crippen molar-refractivity contribution >= 4 is 19.0 Å². The van der Waals surface area contributed by atoms with Gasteiger partial charge in [0.25, 0.3) is 0 Å². The van der Waals surface area contributed by atoms with E-state index in [-0.39, 0.29) is 0 Å². The zero-order valence-corrected chi connectivity index (χ0v) is 15.7. The Balaban J connectivity index is 1.56. The lowest BCUT2D eigenvalue weighted by molar-refractivity contribution is 0.248. The van der Waals surface area contributed by atoms with E-state index < -0.39 is 7.58 Å². The molecule has 0 saturated carbocycles. The van der Waals surface area contributed by atoms with Crippen molar-refractivity contribution < 1.29 is 9.05 Å². The van der Waals surface area contributed by atoms with Crippen molar-refractivity contribution in [3.05, 3.63) is 108 Å². The molecular weight excluding hydrogens is 347 g/mol. The summed E-state index contributed by atoms with van der Waals surface area (Å²) in [5, 5.41) is 0. The van der Waals surface area contributed by atoms with Crippen LogP contribution in [0.2, 0.25) is 0 Å². The maximum Gasteiger partial charge on any atom is 0.239 e. The van der Waals surface area contributed by atoms with Crippen molar-refractivity contribution in [3.8, 4) is 0 Å². The molecule has 0 spiro atoms. The molecule has 0 atom stereocenters. The first-order valence-electron chi connectivity index (χ1n) is 8.21. The molecule has 3 aromatic rings. The third-order valence-electron chi connectivity index (χ3n) is 3.54. The largest absolute Gasteiger partial charge is 0.321 e. The molecule has 0 unspecified atom stereocenters. The predicted molar refractivity (Wildman–Crippen MR) is 107 cm³/mol. The van der Waals surface area contributed by atoms with E-state index in [1.165, 1.54) is 16.7 Å². The molecule has 25 heavy (non-hydrogen) atoms. The van der Waals surface area contributed by atoms with Crippen LogP contribution < -0.4 is 0 Å². The van der Waals surface area contributed by atoms with Crippen LogP contribution in [0.25, 0.3) is 0 Å². The monoisotopic (exact) mass is 368 g/mol. The Hall–Kier alpha value is -1.64. The smallest absolute Gasteiger partial charge is 0.239 e. The van der Waals surface area contributed by atoms with Crippen molar-refractivity contribution in [1.82, 2.24) is 0 Å². The summed E-state index contributed by atoms with van der Waals surface area (Å²) in [6.45, 7) is 1.15. The molecule has 3 aromatic carbocycles. The Labute approximate surface area is 154 Å². The molecule has 0 saturated heterocycles. The molecule has 0 bridgehead atoms. The highest BCUT2D eigenvalue weighted by Gasteiger charge is 2.13. The zero-order chi connectivity index (χ0) is 17.2. The molecule has 0 aliphatic heterocycles. The minimum atomic E-state index is -1.02. The van der Waals surface area contributed by atoms with Gasteiger partial charge in [-0.1, -0.05) is 102 Å². The van der Waals surface area contributed by atoms with E-state index in [9.17, 15) is 0 Å². The molecule has 0 aromatic heterocycles. The number of rotatable bonds is 9. The van der Waals surface area contributed by atoms with Crippen LogP contribution in [0.15, 0.2) is 91.0 Å². The molecule has 0 aliphatic rings. The number of hydrogen-bond donors (Lipinski definition) is 0. The first kappa shape index (κ1) is 18.2. The van der Waals surface area contributed by atoms with Gasteiger partial charge >= 0.3 is 0 Å². The van der Waals surface area contributed by atoms with Gasteiger partial charge in [-0.2, -0.15) is 0 Å². The van der Waals surface area contributed by atoms with E-state index in [1.807, 2.05) is 42.5 Å². The average molecular weight is 368 g/mol. The average Bonchev–Trinajstić information content (AvgIpc) is 2.70. The Morgan fingerprint density at radius 2 is 0.960 bits per heavy atom. The second-order valence-electron chi connectivity index (χ2n) is 5.50. The normalized spacial score (nSPS) is 10.9. The van der Waals surface area contributed by atoms with Crippen molar-refractivity contribution in [3.63, 3.8) is 0 Å². The maximum absolute atomic E-state index is 6.08. The number of benzene rings is 3. The molecule has 0 heterocycles. The second-order valence-corrected chi connectivity index (χ2v) is 8.68. The van der Waals surface area contributed by atoms with Crippen molar-refractivity contribution in [1.29, 1.82) is 0 Å². The molecule has 0 amide bonds. The molecule has 0 radical (unpaired) electrons. The van der Waals surface area contributed by atoms with Gasteiger partial charge in [-0.05, 0) is 16.7 Å². The lowest BCUT2D eigenvalue weighted by Gasteiger charge is -2.17. The highest BCUT2D eigenvalue weighted by molar-refractivity contribution is 8.52. The van der Waals surface area contributed by atoms with Crippen LogP contribution in [0.1, 0.15) is 16.7 Å². The van der Waals surface area contributed by atoms with Crippen LogP contribution in [-0.2, 0) is 28.0 Å². The molecule has 2 nitrogen and oxygen atoms in total. The minimum absolute atomic E-state index is 0.573. The van der Waals surface area contributed by atoms with E-state index in [0.717, 1.165) is 5.75 Å². The number of hydrogen-bond acceptors (Lipinski definition) is 3. The van der Waals surface area contributed by atoms with E-state index in [2.05, 4.69) is 48.5 Å². The fourth-order valence-corrected chi connectivity index (χ4v) is 4.92. The zero-order valence-electron chi connectivity index (χ0n) is 14.0. The lowest BCUT2D eigenvalue weighted by atomic mass is 10.2. The molecule has 128 valence electrons. The standard InChI is InChI=1S/C21H21O2PS/c1-4-10-19(11-5-1)16-22-24(23-17-20-12-6-2-7-13-20)25-18-21-14-8-3-9-15-21/h1-15H,16-18H2.